The summed E-state index contributed by atoms with van der Waals surface area (Å²) in [6.07, 6.45) is 6.31. The lowest BCUT2D eigenvalue weighted by Gasteiger charge is -2.23. The van der Waals surface area contributed by atoms with Crippen molar-refractivity contribution < 1.29 is 0 Å². The Labute approximate surface area is 86.8 Å². The molecule has 0 bridgehead atoms. The molecule has 0 amide bonds. The Balaban J connectivity index is 2.17. The summed E-state index contributed by atoms with van der Waals surface area (Å²) in [4.78, 5) is 2.51. The number of hydrogen-bond acceptors (Lipinski definition) is 3. The SMILES string of the molecule is CCN(CCC1CCCN1C)SC. The minimum Gasteiger partial charge on any atom is -0.303 e. The zero-order valence-electron chi connectivity index (χ0n) is 9.12. The predicted molar refractivity (Wildman–Crippen MR) is 61.0 cm³/mol. The van der Waals surface area contributed by atoms with Crippen LogP contribution in [0.4, 0.5) is 0 Å². The van der Waals surface area contributed by atoms with Gasteiger partial charge in [-0.05, 0) is 39.1 Å². The van der Waals surface area contributed by atoms with Gasteiger partial charge in [-0.15, -0.1) is 0 Å². The number of nitrogens with zero attached hydrogens (tertiary/aromatic N) is 2. The molecule has 1 aliphatic rings. The number of hydrogen-bond donors (Lipinski definition) is 0. The lowest BCUT2D eigenvalue weighted by atomic mass is 10.1. The third-order valence-corrected chi connectivity index (χ3v) is 3.95. The Kier molecular flexibility index (Phi) is 5.14. The molecule has 3 heteroatoms. The van der Waals surface area contributed by atoms with Crippen LogP contribution in [-0.2, 0) is 0 Å². The van der Waals surface area contributed by atoms with Crippen LogP contribution in [0, 0.1) is 0 Å². The Morgan fingerprint density at radius 1 is 1.54 bits per heavy atom. The zero-order valence-corrected chi connectivity index (χ0v) is 9.94. The molecule has 13 heavy (non-hydrogen) atoms. The minimum atomic E-state index is 0.848. The average Bonchev–Trinajstić information content (AvgIpc) is 2.54. The molecule has 1 aliphatic heterocycles. The van der Waals surface area contributed by atoms with Gasteiger partial charge in [0.05, 0.1) is 0 Å². The van der Waals surface area contributed by atoms with Crippen molar-refractivity contribution in [2.24, 2.45) is 0 Å². The van der Waals surface area contributed by atoms with Gasteiger partial charge in [0.15, 0.2) is 0 Å². The van der Waals surface area contributed by atoms with Gasteiger partial charge in [-0.2, -0.15) is 0 Å². The molecule has 78 valence electrons. The quantitative estimate of drug-likeness (QED) is 0.630. The van der Waals surface area contributed by atoms with Crippen LogP contribution in [0.15, 0.2) is 0 Å². The third kappa shape index (κ3) is 3.49. The van der Waals surface area contributed by atoms with Crippen molar-refractivity contribution in [3.8, 4) is 0 Å². The van der Waals surface area contributed by atoms with Crippen LogP contribution in [0.5, 0.6) is 0 Å². The summed E-state index contributed by atoms with van der Waals surface area (Å²) in [6.45, 7) is 5.94. The van der Waals surface area contributed by atoms with E-state index in [1.807, 2.05) is 11.9 Å². The molecule has 1 unspecified atom stereocenters. The maximum Gasteiger partial charge on any atom is 0.0105 e. The molecule has 0 N–H and O–H groups in total. The zero-order chi connectivity index (χ0) is 9.68. The van der Waals surface area contributed by atoms with E-state index in [4.69, 9.17) is 0 Å². The van der Waals surface area contributed by atoms with Crippen LogP contribution in [0.1, 0.15) is 26.2 Å². The molecule has 0 aromatic heterocycles. The molecule has 1 rings (SSSR count). The Morgan fingerprint density at radius 3 is 2.77 bits per heavy atom. The van der Waals surface area contributed by atoms with Crippen LogP contribution in [0.3, 0.4) is 0 Å². The van der Waals surface area contributed by atoms with Crippen LogP contribution in [-0.4, -0.2) is 48.2 Å². The van der Waals surface area contributed by atoms with E-state index < -0.39 is 0 Å². The summed E-state index contributed by atoms with van der Waals surface area (Å²) in [5, 5.41) is 0. The highest BCUT2D eigenvalue weighted by molar-refractivity contribution is 7.96. The monoisotopic (exact) mass is 202 g/mol. The predicted octanol–water partition coefficient (Wildman–Crippen LogP) is 2.07. The molecule has 0 radical (unpaired) electrons. The van der Waals surface area contributed by atoms with Crippen LogP contribution < -0.4 is 0 Å². The fourth-order valence-electron chi connectivity index (χ4n) is 2.02. The van der Waals surface area contributed by atoms with Gasteiger partial charge in [-0.25, -0.2) is 0 Å². The molecular formula is C10H22N2S. The summed E-state index contributed by atoms with van der Waals surface area (Å²) < 4.78 is 2.44. The van der Waals surface area contributed by atoms with Crippen molar-refractivity contribution in [3.63, 3.8) is 0 Å². The number of rotatable bonds is 5. The molecule has 0 spiro atoms. The molecule has 0 saturated carbocycles. The lowest BCUT2D eigenvalue weighted by Crippen LogP contribution is -2.29. The molecule has 1 heterocycles. The van der Waals surface area contributed by atoms with Crippen LogP contribution in [0.2, 0.25) is 0 Å². The summed E-state index contributed by atoms with van der Waals surface area (Å²) in [7, 11) is 2.26. The lowest BCUT2D eigenvalue weighted by molar-refractivity contribution is 0.280. The summed E-state index contributed by atoms with van der Waals surface area (Å²) in [6, 6.07) is 0.848. The first-order valence-corrected chi connectivity index (χ1v) is 6.45. The fraction of sp³-hybridized carbons (Fsp3) is 1.00. The van der Waals surface area contributed by atoms with Gasteiger partial charge >= 0.3 is 0 Å². The molecule has 1 fully saturated rings. The van der Waals surface area contributed by atoms with Gasteiger partial charge < -0.3 is 4.90 Å². The van der Waals surface area contributed by atoms with E-state index in [0.29, 0.717) is 0 Å². The highest BCUT2D eigenvalue weighted by Crippen LogP contribution is 2.19. The summed E-state index contributed by atoms with van der Waals surface area (Å²) in [5.41, 5.74) is 0. The van der Waals surface area contributed by atoms with Gasteiger partial charge in [0.2, 0.25) is 0 Å². The summed E-state index contributed by atoms with van der Waals surface area (Å²) in [5.74, 6) is 0. The van der Waals surface area contributed by atoms with Gasteiger partial charge in [0, 0.05) is 19.1 Å². The van der Waals surface area contributed by atoms with Crippen molar-refractivity contribution in [2.45, 2.75) is 32.2 Å². The second kappa shape index (κ2) is 5.89. The molecule has 1 atom stereocenters. The van der Waals surface area contributed by atoms with Crippen molar-refractivity contribution in [3.05, 3.63) is 0 Å². The molecule has 2 nitrogen and oxygen atoms in total. The van der Waals surface area contributed by atoms with Gasteiger partial charge in [0.25, 0.3) is 0 Å². The Morgan fingerprint density at radius 2 is 2.31 bits per heavy atom. The number of likely N-dealkylation sites (tertiary alicyclic amines) is 1. The maximum atomic E-state index is 2.51. The average molecular weight is 202 g/mol. The van der Waals surface area contributed by atoms with E-state index in [1.54, 1.807) is 0 Å². The smallest absolute Gasteiger partial charge is 0.0105 e. The molecule has 0 aromatic carbocycles. The Hall–Kier alpha value is 0.270. The highest BCUT2D eigenvalue weighted by atomic mass is 32.2. The van der Waals surface area contributed by atoms with E-state index in [1.165, 1.54) is 32.4 Å². The first-order chi connectivity index (χ1) is 6.27. The maximum absolute atomic E-state index is 2.51. The second-order valence-corrected chi connectivity index (χ2v) is 4.65. The van der Waals surface area contributed by atoms with E-state index >= 15 is 0 Å². The van der Waals surface area contributed by atoms with Gasteiger partial charge in [-0.1, -0.05) is 18.9 Å². The normalized spacial score (nSPS) is 24.5. The minimum absolute atomic E-state index is 0.848. The first kappa shape index (κ1) is 11.3. The summed E-state index contributed by atoms with van der Waals surface area (Å²) >= 11 is 1.87. The van der Waals surface area contributed by atoms with Gasteiger partial charge in [-0.3, -0.25) is 4.31 Å². The van der Waals surface area contributed by atoms with Crippen molar-refractivity contribution >= 4 is 11.9 Å². The van der Waals surface area contributed by atoms with E-state index in [-0.39, 0.29) is 0 Å². The molecule has 1 saturated heterocycles. The topological polar surface area (TPSA) is 6.48 Å². The van der Waals surface area contributed by atoms with Gasteiger partial charge in [0.1, 0.15) is 0 Å². The van der Waals surface area contributed by atoms with E-state index in [2.05, 4.69) is 29.4 Å². The van der Waals surface area contributed by atoms with Crippen molar-refractivity contribution in [1.29, 1.82) is 0 Å². The Bertz CT molecular complexity index is 137. The molecular weight excluding hydrogens is 180 g/mol. The van der Waals surface area contributed by atoms with E-state index in [9.17, 15) is 0 Å². The molecule has 0 aliphatic carbocycles. The molecule has 0 aromatic rings. The van der Waals surface area contributed by atoms with Crippen molar-refractivity contribution in [1.82, 2.24) is 9.21 Å². The van der Waals surface area contributed by atoms with Crippen LogP contribution in [0.25, 0.3) is 0 Å². The largest absolute Gasteiger partial charge is 0.303 e. The third-order valence-electron chi connectivity index (χ3n) is 2.99. The van der Waals surface area contributed by atoms with Crippen molar-refractivity contribution in [2.75, 3.05) is 32.9 Å². The fourth-order valence-corrected chi connectivity index (χ4v) is 2.56. The van der Waals surface area contributed by atoms with Crippen LogP contribution >= 0.6 is 11.9 Å². The standard InChI is InChI=1S/C10H22N2S/c1-4-12(13-3)9-7-10-6-5-8-11(10)2/h10H,4-9H2,1-3H3. The highest BCUT2D eigenvalue weighted by Gasteiger charge is 2.20. The second-order valence-electron chi connectivity index (χ2n) is 3.77. The van der Waals surface area contributed by atoms with E-state index in [0.717, 1.165) is 12.6 Å². The first-order valence-electron chi connectivity index (χ1n) is 5.27.